The molecule has 0 aliphatic rings. The average molecular weight is 222 g/mol. The molecule has 2 atom stereocenters. The van der Waals surface area contributed by atoms with Gasteiger partial charge in [0.1, 0.15) is 0 Å². The lowest BCUT2D eigenvalue weighted by Gasteiger charge is -2.18. The molecule has 0 saturated carbocycles. The Bertz CT molecular complexity index is 309. The van der Waals surface area contributed by atoms with Crippen molar-refractivity contribution in [1.29, 1.82) is 0 Å². The van der Waals surface area contributed by atoms with Crippen LogP contribution in [0.1, 0.15) is 43.9 Å². The van der Waals surface area contributed by atoms with Crippen molar-refractivity contribution in [1.82, 2.24) is 0 Å². The monoisotopic (exact) mass is 222 g/mol. The predicted octanol–water partition coefficient (Wildman–Crippen LogP) is 3.30. The van der Waals surface area contributed by atoms with Gasteiger partial charge in [0.05, 0.1) is 12.7 Å². The molecule has 1 aromatic rings. The zero-order valence-corrected chi connectivity index (χ0v) is 10.4. The van der Waals surface area contributed by atoms with Crippen LogP contribution in [0, 0.1) is 5.92 Å². The normalized spacial score (nSPS) is 14.8. The Kier molecular flexibility index (Phi) is 5.50. The Morgan fingerprint density at radius 3 is 2.62 bits per heavy atom. The molecule has 2 heteroatoms. The second-order valence-corrected chi connectivity index (χ2v) is 4.40. The summed E-state index contributed by atoms with van der Waals surface area (Å²) in [5.41, 5.74) is 2.09. The third-order valence-electron chi connectivity index (χ3n) is 3.04. The van der Waals surface area contributed by atoms with Gasteiger partial charge < -0.3 is 9.84 Å². The molecule has 1 aromatic carbocycles. The Labute approximate surface area is 98.3 Å². The van der Waals surface area contributed by atoms with Crippen molar-refractivity contribution in [2.24, 2.45) is 5.92 Å². The van der Waals surface area contributed by atoms with Crippen molar-refractivity contribution in [2.75, 3.05) is 7.11 Å². The molecule has 16 heavy (non-hydrogen) atoms. The molecule has 0 amide bonds. The Morgan fingerprint density at radius 2 is 2.00 bits per heavy atom. The summed E-state index contributed by atoms with van der Waals surface area (Å²) in [6.45, 7) is 4.88. The summed E-state index contributed by atoms with van der Waals surface area (Å²) < 4.78 is 5.14. The van der Waals surface area contributed by atoms with Crippen LogP contribution in [0.5, 0.6) is 0 Å². The summed E-state index contributed by atoms with van der Waals surface area (Å²) in [5.74, 6) is 0.547. The summed E-state index contributed by atoms with van der Waals surface area (Å²) in [5, 5.41) is 10.2. The Hall–Kier alpha value is -0.860. The molecule has 1 rings (SSSR count). The van der Waals surface area contributed by atoms with Gasteiger partial charge in [0.15, 0.2) is 0 Å². The van der Waals surface area contributed by atoms with Crippen molar-refractivity contribution in [3.63, 3.8) is 0 Å². The van der Waals surface area contributed by atoms with E-state index in [2.05, 4.69) is 13.8 Å². The lowest BCUT2D eigenvalue weighted by molar-refractivity contribution is 0.138. The minimum atomic E-state index is -0.374. The molecular formula is C14H22O2. The van der Waals surface area contributed by atoms with Crippen LogP contribution in [0.15, 0.2) is 24.3 Å². The number of hydrogen-bond acceptors (Lipinski definition) is 2. The van der Waals surface area contributed by atoms with Gasteiger partial charge in [0.25, 0.3) is 0 Å². The molecule has 1 N–H and O–H groups in total. The average Bonchev–Trinajstić information content (AvgIpc) is 2.30. The van der Waals surface area contributed by atoms with Crippen LogP contribution in [-0.2, 0) is 11.3 Å². The maximum atomic E-state index is 10.2. The fourth-order valence-corrected chi connectivity index (χ4v) is 1.82. The summed E-state index contributed by atoms with van der Waals surface area (Å²) in [6, 6.07) is 7.95. The SMILES string of the molecule is CCC(C)CC(O)c1ccccc1COC. The second kappa shape index (κ2) is 6.66. The molecule has 0 heterocycles. The van der Waals surface area contributed by atoms with Gasteiger partial charge in [-0.05, 0) is 23.5 Å². The van der Waals surface area contributed by atoms with Gasteiger partial charge in [-0.15, -0.1) is 0 Å². The van der Waals surface area contributed by atoms with E-state index in [9.17, 15) is 5.11 Å². The number of aliphatic hydroxyl groups excluding tert-OH is 1. The number of methoxy groups -OCH3 is 1. The zero-order valence-electron chi connectivity index (χ0n) is 10.4. The summed E-state index contributed by atoms with van der Waals surface area (Å²) in [7, 11) is 1.68. The van der Waals surface area contributed by atoms with Gasteiger partial charge in [-0.2, -0.15) is 0 Å². The largest absolute Gasteiger partial charge is 0.388 e. The number of benzene rings is 1. The van der Waals surface area contributed by atoms with Crippen molar-refractivity contribution >= 4 is 0 Å². The van der Waals surface area contributed by atoms with Crippen LogP contribution < -0.4 is 0 Å². The first-order chi connectivity index (χ1) is 7.69. The zero-order chi connectivity index (χ0) is 12.0. The van der Waals surface area contributed by atoms with Gasteiger partial charge in [0.2, 0.25) is 0 Å². The van der Waals surface area contributed by atoms with Crippen molar-refractivity contribution in [2.45, 2.75) is 39.4 Å². The van der Waals surface area contributed by atoms with Crippen LogP contribution in [0.2, 0.25) is 0 Å². The van der Waals surface area contributed by atoms with Crippen LogP contribution in [0.4, 0.5) is 0 Å². The predicted molar refractivity (Wildman–Crippen MR) is 66.2 cm³/mol. The summed E-state index contributed by atoms with van der Waals surface area (Å²) >= 11 is 0. The van der Waals surface area contributed by atoms with Crippen molar-refractivity contribution in [3.8, 4) is 0 Å². The maximum Gasteiger partial charge on any atom is 0.0796 e. The van der Waals surface area contributed by atoms with Crippen molar-refractivity contribution in [3.05, 3.63) is 35.4 Å². The van der Waals surface area contributed by atoms with E-state index in [1.165, 1.54) is 0 Å². The molecule has 0 aliphatic heterocycles. The second-order valence-electron chi connectivity index (χ2n) is 4.40. The fraction of sp³-hybridized carbons (Fsp3) is 0.571. The van der Waals surface area contributed by atoms with E-state index in [-0.39, 0.29) is 6.10 Å². The standard InChI is InChI=1S/C14H22O2/c1-4-11(2)9-14(15)13-8-6-5-7-12(13)10-16-3/h5-8,11,14-15H,4,9-10H2,1-3H3. The van der Waals surface area contributed by atoms with Gasteiger partial charge >= 0.3 is 0 Å². The first-order valence-electron chi connectivity index (χ1n) is 5.93. The maximum absolute atomic E-state index is 10.2. The molecule has 0 saturated heterocycles. The molecule has 0 aliphatic carbocycles. The quantitative estimate of drug-likeness (QED) is 0.800. The highest BCUT2D eigenvalue weighted by Gasteiger charge is 2.14. The van der Waals surface area contributed by atoms with Gasteiger partial charge in [-0.25, -0.2) is 0 Å². The number of rotatable bonds is 6. The highest BCUT2D eigenvalue weighted by atomic mass is 16.5. The molecule has 90 valence electrons. The highest BCUT2D eigenvalue weighted by molar-refractivity contribution is 5.28. The van der Waals surface area contributed by atoms with E-state index < -0.39 is 0 Å². The van der Waals surface area contributed by atoms with Crippen molar-refractivity contribution < 1.29 is 9.84 Å². The van der Waals surface area contributed by atoms with E-state index in [1.54, 1.807) is 7.11 Å². The minimum Gasteiger partial charge on any atom is -0.388 e. The number of aliphatic hydroxyl groups is 1. The molecular weight excluding hydrogens is 200 g/mol. The molecule has 0 aromatic heterocycles. The molecule has 0 spiro atoms. The molecule has 2 nitrogen and oxygen atoms in total. The van der Waals surface area contributed by atoms with E-state index in [0.717, 1.165) is 24.0 Å². The summed E-state index contributed by atoms with van der Waals surface area (Å²) in [4.78, 5) is 0. The fourth-order valence-electron chi connectivity index (χ4n) is 1.82. The molecule has 2 unspecified atom stereocenters. The van der Waals surface area contributed by atoms with Gasteiger partial charge in [0, 0.05) is 7.11 Å². The Morgan fingerprint density at radius 1 is 1.31 bits per heavy atom. The van der Waals surface area contributed by atoms with Crippen LogP contribution in [0.25, 0.3) is 0 Å². The van der Waals surface area contributed by atoms with E-state index >= 15 is 0 Å². The van der Waals surface area contributed by atoms with Gasteiger partial charge in [-0.3, -0.25) is 0 Å². The smallest absolute Gasteiger partial charge is 0.0796 e. The summed E-state index contributed by atoms with van der Waals surface area (Å²) in [6.07, 6.45) is 1.54. The number of ether oxygens (including phenoxy) is 1. The highest BCUT2D eigenvalue weighted by Crippen LogP contribution is 2.25. The lowest BCUT2D eigenvalue weighted by Crippen LogP contribution is -2.07. The Balaban J connectivity index is 2.77. The third kappa shape index (κ3) is 3.62. The lowest BCUT2D eigenvalue weighted by atomic mass is 9.94. The first-order valence-corrected chi connectivity index (χ1v) is 5.93. The van der Waals surface area contributed by atoms with Crippen LogP contribution in [-0.4, -0.2) is 12.2 Å². The van der Waals surface area contributed by atoms with Crippen LogP contribution in [0.3, 0.4) is 0 Å². The first kappa shape index (κ1) is 13.2. The van der Waals surface area contributed by atoms with Crippen LogP contribution >= 0.6 is 0 Å². The molecule has 0 radical (unpaired) electrons. The minimum absolute atomic E-state index is 0.374. The van der Waals surface area contributed by atoms with E-state index in [4.69, 9.17) is 4.74 Å². The molecule has 0 bridgehead atoms. The van der Waals surface area contributed by atoms with E-state index in [0.29, 0.717) is 12.5 Å². The van der Waals surface area contributed by atoms with Gasteiger partial charge in [-0.1, -0.05) is 44.5 Å². The third-order valence-corrected chi connectivity index (χ3v) is 3.04. The molecule has 0 fully saturated rings. The number of hydrogen-bond donors (Lipinski definition) is 1. The van der Waals surface area contributed by atoms with E-state index in [1.807, 2.05) is 24.3 Å². The topological polar surface area (TPSA) is 29.5 Å².